The van der Waals surface area contributed by atoms with Gasteiger partial charge >= 0.3 is 5.97 Å². The number of hydrogen-bond acceptors (Lipinski definition) is 5. The molecular formula is C57H111NO5. The molecule has 0 saturated heterocycles. The van der Waals surface area contributed by atoms with E-state index in [1.807, 2.05) is 0 Å². The van der Waals surface area contributed by atoms with Crippen LogP contribution in [0.5, 0.6) is 0 Å². The predicted octanol–water partition coefficient (Wildman–Crippen LogP) is 17.3. The fraction of sp³-hybridized carbons (Fsp3) is 0.930. The molecule has 0 heterocycles. The van der Waals surface area contributed by atoms with Gasteiger partial charge in [-0.3, -0.25) is 9.59 Å². The lowest BCUT2D eigenvalue weighted by molar-refractivity contribution is -0.143. The normalized spacial score (nSPS) is 12.6. The highest BCUT2D eigenvalue weighted by molar-refractivity contribution is 5.76. The summed E-state index contributed by atoms with van der Waals surface area (Å²) in [6.45, 7) is 4.93. The number of carbonyl (C=O) groups excluding carboxylic acids is 2. The van der Waals surface area contributed by atoms with Gasteiger partial charge in [0.2, 0.25) is 5.91 Å². The highest BCUT2D eigenvalue weighted by Gasteiger charge is 2.20. The molecular weight excluding hydrogens is 779 g/mol. The summed E-state index contributed by atoms with van der Waals surface area (Å²) in [6, 6.07) is -0.551. The van der Waals surface area contributed by atoms with E-state index in [1.54, 1.807) is 0 Å². The molecule has 3 N–H and O–H groups in total. The fourth-order valence-electron chi connectivity index (χ4n) is 8.93. The number of allylic oxidation sites excluding steroid dienone is 2. The molecule has 6 heteroatoms. The number of ether oxygens (including phenoxy) is 1. The van der Waals surface area contributed by atoms with E-state index in [-0.39, 0.29) is 18.5 Å². The molecule has 0 saturated carbocycles. The van der Waals surface area contributed by atoms with Crippen LogP contribution < -0.4 is 5.32 Å². The van der Waals surface area contributed by atoms with Crippen molar-refractivity contribution in [2.24, 2.45) is 0 Å². The average Bonchev–Trinajstić information content (AvgIpc) is 3.28. The van der Waals surface area contributed by atoms with Crippen molar-refractivity contribution < 1.29 is 24.5 Å². The molecule has 1 amide bonds. The maximum absolute atomic E-state index is 12.5. The molecule has 6 nitrogen and oxygen atoms in total. The highest BCUT2D eigenvalue weighted by Crippen LogP contribution is 2.17. The van der Waals surface area contributed by atoms with E-state index >= 15 is 0 Å². The van der Waals surface area contributed by atoms with Crippen molar-refractivity contribution in [3.63, 3.8) is 0 Å². The fourth-order valence-corrected chi connectivity index (χ4v) is 8.93. The van der Waals surface area contributed by atoms with Crippen LogP contribution in [0.2, 0.25) is 0 Å². The van der Waals surface area contributed by atoms with E-state index in [4.69, 9.17) is 4.74 Å². The Morgan fingerprint density at radius 2 is 0.746 bits per heavy atom. The summed E-state index contributed by atoms with van der Waals surface area (Å²) in [6.07, 6.45) is 61.9. The summed E-state index contributed by atoms with van der Waals surface area (Å²) in [4.78, 5) is 24.5. The number of esters is 1. The number of amides is 1. The molecule has 0 aliphatic heterocycles. The van der Waals surface area contributed by atoms with Crippen molar-refractivity contribution in [1.82, 2.24) is 5.32 Å². The van der Waals surface area contributed by atoms with Gasteiger partial charge in [0, 0.05) is 12.8 Å². The SMILES string of the molecule is CCCCCC/C=C\CCCCCCCC(=O)OCCCCCCCCCCCCCCCC(=O)NC(CO)C(O)CCCCCCCCCCCCCCCCCCCCCC. The molecule has 0 aromatic rings. The molecule has 0 rings (SSSR count). The third-order valence-corrected chi connectivity index (χ3v) is 13.3. The molecule has 0 spiro atoms. The summed E-state index contributed by atoms with van der Waals surface area (Å²) in [7, 11) is 0. The van der Waals surface area contributed by atoms with Gasteiger partial charge in [-0.25, -0.2) is 0 Å². The predicted molar refractivity (Wildman–Crippen MR) is 273 cm³/mol. The summed E-state index contributed by atoms with van der Waals surface area (Å²) in [5.41, 5.74) is 0. The summed E-state index contributed by atoms with van der Waals surface area (Å²) >= 11 is 0. The van der Waals surface area contributed by atoms with E-state index in [1.165, 1.54) is 231 Å². The largest absolute Gasteiger partial charge is 0.466 e. The van der Waals surface area contributed by atoms with Gasteiger partial charge in [0.05, 0.1) is 25.4 Å². The number of unbranched alkanes of at least 4 members (excludes halogenated alkanes) is 40. The Morgan fingerprint density at radius 1 is 0.429 bits per heavy atom. The van der Waals surface area contributed by atoms with Crippen molar-refractivity contribution in [1.29, 1.82) is 0 Å². The van der Waals surface area contributed by atoms with E-state index in [2.05, 4.69) is 31.3 Å². The van der Waals surface area contributed by atoms with Crippen LogP contribution in [0.15, 0.2) is 12.2 Å². The highest BCUT2D eigenvalue weighted by atomic mass is 16.5. The van der Waals surface area contributed by atoms with Crippen molar-refractivity contribution in [3.8, 4) is 0 Å². The van der Waals surface area contributed by atoms with Crippen molar-refractivity contribution in [2.75, 3.05) is 13.2 Å². The maximum Gasteiger partial charge on any atom is 0.305 e. The monoisotopic (exact) mass is 890 g/mol. The first-order chi connectivity index (χ1) is 31.0. The van der Waals surface area contributed by atoms with Gasteiger partial charge in [-0.15, -0.1) is 0 Å². The first-order valence-corrected chi connectivity index (χ1v) is 28.4. The summed E-state index contributed by atoms with van der Waals surface area (Å²) in [5.74, 6) is -0.0589. The Hall–Kier alpha value is -1.40. The first-order valence-electron chi connectivity index (χ1n) is 28.4. The van der Waals surface area contributed by atoms with E-state index in [0.29, 0.717) is 25.9 Å². The Kier molecular flexibility index (Phi) is 52.0. The molecule has 0 radical (unpaired) electrons. The lowest BCUT2D eigenvalue weighted by atomic mass is 10.0. The quantitative estimate of drug-likeness (QED) is 0.0321. The van der Waals surface area contributed by atoms with Gasteiger partial charge in [0.25, 0.3) is 0 Å². The smallest absolute Gasteiger partial charge is 0.305 e. The van der Waals surface area contributed by atoms with Crippen molar-refractivity contribution >= 4 is 11.9 Å². The minimum Gasteiger partial charge on any atom is -0.466 e. The minimum absolute atomic E-state index is 0.0138. The number of rotatable bonds is 53. The topological polar surface area (TPSA) is 95.9 Å². The Balaban J connectivity index is 3.45. The van der Waals surface area contributed by atoms with Gasteiger partial charge in [-0.1, -0.05) is 264 Å². The van der Waals surface area contributed by atoms with Crippen LogP contribution in [-0.4, -0.2) is 47.4 Å². The molecule has 0 aromatic carbocycles. The van der Waals surface area contributed by atoms with Crippen LogP contribution in [0.25, 0.3) is 0 Å². The van der Waals surface area contributed by atoms with Crippen LogP contribution in [-0.2, 0) is 14.3 Å². The number of hydrogen-bond donors (Lipinski definition) is 3. The number of aliphatic hydroxyl groups is 2. The molecule has 0 fully saturated rings. The van der Waals surface area contributed by atoms with Crippen molar-refractivity contribution in [3.05, 3.63) is 12.2 Å². The van der Waals surface area contributed by atoms with E-state index in [0.717, 1.165) is 51.4 Å². The number of nitrogens with one attached hydrogen (secondary N) is 1. The standard InChI is InChI=1S/C57H111NO5/c1-3-5-7-9-11-13-15-17-18-19-20-21-22-23-26-29-33-37-41-45-49-55(60)54(53-59)58-56(61)50-46-42-38-34-30-27-24-28-32-36-40-44-48-52-63-57(62)51-47-43-39-35-31-25-16-14-12-10-8-6-4-2/h14,16,54-55,59-60H,3-13,15,17-53H2,1-2H3,(H,58,61)/b16-14-. The maximum atomic E-state index is 12.5. The second-order valence-electron chi connectivity index (χ2n) is 19.6. The Labute approximate surface area is 393 Å². The van der Waals surface area contributed by atoms with Gasteiger partial charge in [-0.2, -0.15) is 0 Å². The number of aliphatic hydroxyl groups excluding tert-OH is 2. The van der Waals surface area contributed by atoms with Crippen LogP contribution in [0.3, 0.4) is 0 Å². The molecule has 374 valence electrons. The Morgan fingerprint density at radius 3 is 1.14 bits per heavy atom. The Bertz CT molecular complexity index is 939. The second-order valence-corrected chi connectivity index (χ2v) is 19.6. The molecule has 0 bridgehead atoms. The third-order valence-electron chi connectivity index (χ3n) is 13.3. The van der Waals surface area contributed by atoms with Gasteiger partial charge in [0.15, 0.2) is 0 Å². The molecule has 0 aromatic heterocycles. The van der Waals surface area contributed by atoms with Crippen LogP contribution >= 0.6 is 0 Å². The zero-order valence-electron chi connectivity index (χ0n) is 42.6. The van der Waals surface area contributed by atoms with E-state index in [9.17, 15) is 19.8 Å². The zero-order valence-corrected chi connectivity index (χ0v) is 42.6. The molecule has 0 aliphatic carbocycles. The first kappa shape index (κ1) is 61.6. The van der Waals surface area contributed by atoms with Crippen LogP contribution in [0, 0.1) is 0 Å². The second kappa shape index (κ2) is 53.2. The number of carbonyl (C=O) groups is 2. The minimum atomic E-state index is -0.673. The van der Waals surface area contributed by atoms with Crippen molar-refractivity contribution in [2.45, 2.75) is 328 Å². The summed E-state index contributed by atoms with van der Waals surface area (Å²) in [5, 5.41) is 23.3. The summed E-state index contributed by atoms with van der Waals surface area (Å²) < 4.78 is 5.46. The zero-order chi connectivity index (χ0) is 45.8. The molecule has 2 unspecified atom stereocenters. The average molecular weight is 891 g/mol. The third kappa shape index (κ3) is 49.9. The van der Waals surface area contributed by atoms with Crippen LogP contribution in [0.1, 0.15) is 316 Å². The lowest BCUT2D eigenvalue weighted by Crippen LogP contribution is -2.45. The van der Waals surface area contributed by atoms with Gasteiger partial charge in [-0.05, 0) is 51.4 Å². The molecule has 0 aliphatic rings. The van der Waals surface area contributed by atoms with Crippen LogP contribution in [0.4, 0.5) is 0 Å². The van der Waals surface area contributed by atoms with Gasteiger partial charge < -0.3 is 20.3 Å². The lowest BCUT2D eigenvalue weighted by Gasteiger charge is -2.22. The van der Waals surface area contributed by atoms with E-state index < -0.39 is 12.1 Å². The molecule has 63 heavy (non-hydrogen) atoms. The molecule has 2 atom stereocenters. The van der Waals surface area contributed by atoms with Gasteiger partial charge in [0.1, 0.15) is 0 Å².